The van der Waals surface area contributed by atoms with Crippen molar-refractivity contribution >= 4 is 19.7 Å². The van der Waals surface area contributed by atoms with Gasteiger partial charge in [-0.15, -0.1) is 11.3 Å². The van der Waals surface area contributed by atoms with Crippen LogP contribution in [0.15, 0.2) is 5.38 Å². The molecule has 0 aliphatic heterocycles. The van der Waals surface area contributed by atoms with Gasteiger partial charge in [-0.05, 0) is 25.1 Å². The van der Waals surface area contributed by atoms with Gasteiger partial charge in [0.15, 0.2) is 8.32 Å². The lowest BCUT2D eigenvalue weighted by molar-refractivity contribution is 0.275. The van der Waals surface area contributed by atoms with Crippen LogP contribution < -0.4 is 0 Å². The Balaban J connectivity index is 2.57. The third-order valence-electron chi connectivity index (χ3n) is 3.03. The molecule has 0 atom stereocenters. The van der Waals surface area contributed by atoms with Gasteiger partial charge in [0.1, 0.15) is 5.01 Å². The first-order valence-electron chi connectivity index (χ1n) is 5.27. The molecule has 0 saturated carbocycles. The van der Waals surface area contributed by atoms with E-state index in [1.165, 1.54) is 0 Å². The number of thiazole rings is 1. The number of aryl methyl sites for hydroxylation is 1. The predicted octanol–water partition coefficient (Wildman–Crippen LogP) is 3.97. The number of nitrogens with zero attached hydrogens (tertiary/aromatic N) is 1. The molecule has 0 saturated heterocycles. The number of hydrogen-bond acceptors (Lipinski definition) is 3. The first-order valence-corrected chi connectivity index (χ1v) is 9.06. The maximum absolute atomic E-state index is 6.08. The van der Waals surface area contributed by atoms with Gasteiger partial charge < -0.3 is 4.43 Å². The molecule has 0 aliphatic carbocycles. The van der Waals surface area contributed by atoms with Crippen LogP contribution in [-0.2, 0) is 11.0 Å². The normalized spacial score (nSPS) is 13.2. The summed E-state index contributed by atoms with van der Waals surface area (Å²) in [5, 5.41) is 3.45. The van der Waals surface area contributed by atoms with Crippen LogP contribution in [0.1, 0.15) is 31.5 Å². The third-order valence-corrected chi connectivity index (χ3v) is 8.45. The summed E-state index contributed by atoms with van der Waals surface area (Å²) in [5.41, 5.74) is 1.09. The Hall–Kier alpha value is -0.193. The number of aromatic nitrogens is 1. The minimum Gasteiger partial charge on any atom is -0.410 e. The second-order valence-electron chi connectivity index (χ2n) is 5.43. The van der Waals surface area contributed by atoms with Crippen LogP contribution in [0.4, 0.5) is 0 Å². The SMILES string of the molecule is Cc1csc(CO[Si](C)(C)C(C)(C)C)n1. The molecule has 0 aromatic carbocycles. The second-order valence-corrected chi connectivity index (χ2v) is 11.2. The van der Waals surface area contributed by atoms with E-state index in [0.29, 0.717) is 6.61 Å². The highest BCUT2D eigenvalue weighted by molar-refractivity contribution is 7.09. The molecule has 4 heteroatoms. The quantitative estimate of drug-likeness (QED) is 0.749. The lowest BCUT2D eigenvalue weighted by atomic mass is 10.2. The van der Waals surface area contributed by atoms with Crippen LogP contribution in [0.25, 0.3) is 0 Å². The van der Waals surface area contributed by atoms with Gasteiger partial charge in [-0.25, -0.2) is 4.98 Å². The van der Waals surface area contributed by atoms with Crippen LogP contribution in [0.3, 0.4) is 0 Å². The topological polar surface area (TPSA) is 22.1 Å². The Morgan fingerprint density at radius 1 is 1.40 bits per heavy atom. The Kier molecular flexibility index (Phi) is 3.74. The minimum absolute atomic E-state index is 0.277. The molecule has 86 valence electrons. The molecule has 1 aromatic rings. The van der Waals surface area contributed by atoms with E-state index in [1.54, 1.807) is 11.3 Å². The second kappa shape index (κ2) is 4.35. The summed E-state index contributed by atoms with van der Waals surface area (Å²) >= 11 is 1.69. The lowest BCUT2D eigenvalue weighted by Gasteiger charge is -2.35. The highest BCUT2D eigenvalue weighted by Crippen LogP contribution is 2.37. The molecule has 0 N–H and O–H groups in total. The monoisotopic (exact) mass is 243 g/mol. The molecule has 1 aromatic heterocycles. The summed E-state index contributed by atoms with van der Waals surface area (Å²) < 4.78 is 6.08. The Bertz CT molecular complexity index is 328. The summed E-state index contributed by atoms with van der Waals surface area (Å²) in [6.45, 7) is 14.0. The van der Waals surface area contributed by atoms with E-state index in [0.717, 1.165) is 10.7 Å². The van der Waals surface area contributed by atoms with E-state index in [2.05, 4.69) is 44.2 Å². The molecule has 0 spiro atoms. The molecule has 2 nitrogen and oxygen atoms in total. The van der Waals surface area contributed by atoms with Gasteiger partial charge >= 0.3 is 0 Å². The van der Waals surface area contributed by atoms with Gasteiger partial charge in [0.2, 0.25) is 0 Å². The van der Waals surface area contributed by atoms with Gasteiger partial charge in [-0.1, -0.05) is 20.8 Å². The zero-order valence-electron chi connectivity index (χ0n) is 10.5. The van der Waals surface area contributed by atoms with Crippen LogP contribution in [0.5, 0.6) is 0 Å². The van der Waals surface area contributed by atoms with Crippen molar-refractivity contribution in [2.75, 3.05) is 0 Å². The summed E-state index contributed by atoms with van der Waals surface area (Å²) in [6, 6.07) is 0. The van der Waals surface area contributed by atoms with Crippen LogP contribution in [-0.4, -0.2) is 13.3 Å². The molecular formula is C11H21NOSSi. The summed E-state index contributed by atoms with van der Waals surface area (Å²) in [6.07, 6.45) is 0. The van der Waals surface area contributed by atoms with E-state index >= 15 is 0 Å². The van der Waals surface area contributed by atoms with E-state index < -0.39 is 8.32 Å². The van der Waals surface area contributed by atoms with Crippen molar-refractivity contribution in [3.63, 3.8) is 0 Å². The van der Waals surface area contributed by atoms with Gasteiger partial charge in [0, 0.05) is 11.1 Å². The number of rotatable bonds is 3. The molecular weight excluding hydrogens is 222 g/mol. The molecule has 1 rings (SSSR count). The van der Waals surface area contributed by atoms with Crippen molar-refractivity contribution in [3.05, 3.63) is 16.1 Å². The average molecular weight is 243 g/mol. The van der Waals surface area contributed by atoms with E-state index in [1.807, 2.05) is 6.92 Å². The first-order chi connectivity index (χ1) is 6.72. The Morgan fingerprint density at radius 2 is 2.00 bits per heavy atom. The molecule has 1 heterocycles. The number of hydrogen-bond donors (Lipinski definition) is 0. The smallest absolute Gasteiger partial charge is 0.192 e. The van der Waals surface area contributed by atoms with Crippen molar-refractivity contribution in [1.82, 2.24) is 4.98 Å². The maximum atomic E-state index is 6.08. The van der Waals surface area contributed by atoms with Crippen molar-refractivity contribution in [2.24, 2.45) is 0 Å². The predicted molar refractivity (Wildman–Crippen MR) is 68.8 cm³/mol. The fraction of sp³-hybridized carbons (Fsp3) is 0.727. The fourth-order valence-electron chi connectivity index (χ4n) is 0.928. The van der Waals surface area contributed by atoms with Gasteiger partial charge in [-0.3, -0.25) is 0 Å². The minimum atomic E-state index is -1.61. The molecule has 0 aliphatic rings. The van der Waals surface area contributed by atoms with Crippen molar-refractivity contribution in [2.45, 2.75) is 52.4 Å². The van der Waals surface area contributed by atoms with Crippen LogP contribution in [0.2, 0.25) is 18.1 Å². The third kappa shape index (κ3) is 3.40. The highest BCUT2D eigenvalue weighted by Gasteiger charge is 2.37. The van der Waals surface area contributed by atoms with Gasteiger partial charge in [0.25, 0.3) is 0 Å². The highest BCUT2D eigenvalue weighted by atomic mass is 32.1. The van der Waals surface area contributed by atoms with Crippen LogP contribution in [0, 0.1) is 6.92 Å². The van der Waals surface area contributed by atoms with Crippen molar-refractivity contribution in [3.8, 4) is 0 Å². The maximum Gasteiger partial charge on any atom is 0.192 e. The molecule has 0 amide bonds. The average Bonchev–Trinajstić information content (AvgIpc) is 2.46. The lowest BCUT2D eigenvalue weighted by Crippen LogP contribution is -2.40. The molecule has 0 bridgehead atoms. The first kappa shape index (κ1) is 12.9. The summed E-state index contributed by atoms with van der Waals surface area (Å²) in [5.74, 6) is 0. The van der Waals surface area contributed by atoms with Crippen LogP contribution >= 0.6 is 11.3 Å². The standard InChI is InChI=1S/C11H21NOSSi/c1-9-8-14-10(12-9)7-13-15(5,6)11(2,3)4/h8H,7H2,1-6H3. The zero-order chi connectivity index (χ0) is 11.7. The van der Waals surface area contributed by atoms with E-state index in [4.69, 9.17) is 4.43 Å². The van der Waals surface area contributed by atoms with Gasteiger partial charge in [-0.2, -0.15) is 0 Å². The largest absolute Gasteiger partial charge is 0.410 e. The fourth-order valence-corrected chi connectivity index (χ4v) is 2.65. The zero-order valence-corrected chi connectivity index (χ0v) is 12.4. The van der Waals surface area contributed by atoms with E-state index in [9.17, 15) is 0 Å². The molecule has 0 radical (unpaired) electrons. The molecule has 0 unspecified atom stereocenters. The van der Waals surface area contributed by atoms with Gasteiger partial charge in [0.05, 0.1) is 6.61 Å². The molecule has 15 heavy (non-hydrogen) atoms. The van der Waals surface area contributed by atoms with Crippen molar-refractivity contribution < 1.29 is 4.43 Å². The Labute approximate surface area is 97.8 Å². The molecule has 0 fully saturated rings. The van der Waals surface area contributed by atoms with Crippen molar-refractivity contribution in [1.29, 1.82) is 0 Å². The summed E-state index contributed by atoms with van der Waals surface area (Å²) in [7, 11) is -1.61. The Morgan fingerprint density at radius 3 is 2.40 bits per heavy atom. The van der Waals surface area contributed by atoms with E-state index in [-0.39, 0.29) is 5.04 Å². The summed E-state index contributed by atoms with van der Waals surface area (Å²) in [4.78, 5) is 4.41.